The summed E-state index contributed by atoms with van der Waals surface area (Å²) in [5.74, 6) is 0.528. The molecule has 1 aromatic rings. The van der Waals surface area contributed by atoms with E-state index in [0.717, 1.165) is 55.5 Å². The average molecular weight is 404 g/mol. The Morgan fingerprint density at radius 2 is 2.03 bits per heavy atom. The van der Waals surface area contributed by atoms with Crippen LogP contribution in [0.3, 0.4) is 0 Å². The van der Waals surface area contributed by atoms with Gasteiger partial charge in [0.2, 0.25) is 0 Å². The van der Waals surface area contributed by atoms with Gasteiger partial charge in [0, 0.05) is 18.6 Å². The molecule has 3 aliphatic rings. The van der Waals surface area contributed by atoms with Gasteiger partial charge in [0.15, 0.2) is 5.82 Å². The van der Waals surface area contributed by atoms with Gasteiger partial charge in [-0.15, -0.1) is 0 Å². The Balaban J connectivity index is 1.67. The summed E-state index contributed by atoms with van der Waals surface area (Å²) >= 11 is 0. The number of anilines is 1. The summed E-state index contributed by atoms with van der Waals surface area (Å²) in [5, 5.41) is 17.0. The molecule has 29 heavy (non-hydrogen) atoms. The van der Waals surface area contributed by atoms with Gasteiger partial charge in [0.25, 0.3) is 0 Å². The molecule has 3 unspecified atom stereocenters. The normalized spacial score (nSPS) is 30.0. The standard InChI is InChI=1S/C22H34FN5O/c1-13-6-7-15(8-9-25-13)19-20(23)17(12-16-5-4-10-29-21(16)19)27-22-26-14(2)11-18(24-3)28-22/h8,12-14,18,22,24-28H,4-7,9-11H2,1-3H3/t13-,14?,18?,22?/m1/s1. The highest BCUT2D eigenvalue weighted by Crippen LogP contribution is 2.41. The van der Waals surface area contributed by atoms with Gasteiger partial charge in [-0.1, -0.05) is 6.08 Å². The van der Waals surface area contributed by atoms with Crippen molar-refractivity contribution >= 4 is 11.3 Å². The topological polar surface area (TPSA) is 69.4 Å². The van der Waals surface area contributed by atoms with Gasteiger partial charge >= 0.3 is 0 Å². The molecule has 4 atom stereocenters. The van der Waals surface area contributed by atoms with Crippen LogP contribution in [-0.2, 0) is 6.42 Å². The molecule has 0 aliphatic carbocycles. The maximum absolute atomic E-state index is 15.8. The van der Waals surface area contributed by atoms with Crippen LogP contribution in [0.15, 0.2) is 12.1 Å². The lowest BCUT2D eigenvalue weighted by molar-refractivity contribution is 0.248. The van der Waals surface area contributed by atoms with Crippen molar-refractivity contribution in [1.29, 1.82) is 0 Å². The highest BCUT2D eigenvalue weighted by atomic mass is 19.1. The number of fused-ring (bicyclic) bond motifs is 1. The number of ether oxygens (including phenoxy) is 1. The predicted octanol–water partition coefficient (Wildman–Crippen LogP) is 2.52. The molecule has 1 saturated heterocycles. The lowest BCUT2D eigenvalue weighted by Gasteiger charge is -2.37. The zero-order chi connectivity index (χ0) is 20.4. The number of halogens is 1. The summed E-state index contributed by atoms with van der Waals surface area (Å²) in [6.07, 6.45) is 6.80. The van der Waals surface area contributed by atoms with Gasteiger partial charge in [-0.25, -0.2) is 4.39 Å². The van der Waals surface area contributed by atoms with Crippen molar-refractivity contribution in [3.63, 3.8) is 0 Å². The summed E-state index contributed by atoms with van der Waals surface area (Å²) in [5.41, 5.74) is 3.32. The Morgan fingerprint density at radius 1 is 1.17 bits per heavy atom. The lowest BCUT2D eigenvalue weighted by atomic mass is 9.93. The van der Waals surface area contributed by atoms with E-state index in [0.29, 0.717) is 29.9 Å². The monoisotopic (exact) mass is 403 g/mol. The van der Waals surface area contributed by atoms with Gasteiger partial charge in [-0.2, -0.15) is 0 Å². The number of nitrogens with one attached hydrogen (secondary N) is 5. The van der Waals surface area contributed by atoms with E-state index < -0.39 is 0 Å². The van der Waals surface area contributed by atoms with Crippen molar-refractivity contribution in [2.45, 2.75) is 70.5 Å². The maximum atomic E-state index is 15.8. The molecule has 0 radical (unpaired) electrons. The molecule has 4 rings (SSSR count). The number of rotatable bonds is 4. The molecule has 3 aliphatic heterocycles. The van der Waals surface area contributed by atoms with Crippen molar-refractivity contribution in [2.24, 2.45) is 0 Å². The Kier molecular flexibility index (Phi) is 6.39. The average Bonchev–Trinajstić information content (AvgIpc) is 2.92. The summed E-state index contributed by atoms with van der Waals surface area (Å²) in [6.45, 7) is 5.74. The molecule has 3 heterocycles. The third-order valence-electron chi connectivity index (χ3n) is 6.17. The fraction of sp³-hybridized carbons (Fsp3) is 0.636. The van der Waals surface area contributed by atoms with Crippen LogP contribution in [0.4, 0.5) is 10.1 Å². The van der Waals surface area contributed by atoms with Crippen LogP contribution in [0, 0.1) is 5.82 Å². The van der Waals surface area contributed by atoms with E-state index in [1.54, 1.807) is 0 Å². The molecule has 160 valence electrons. The van der Waals surface area contributed by atoms with Crippen LogP contribution < -0.4 is 31.3 Å². The van der Waals surface area contributed by atoms with Crippen LogP contribution in [0.5, 0.6) is 5.75 Å². The van der Waals surface area contributed by atoms with Crippen LogP contribution >= 0.6 is 0 Å². The smallest absolute Gasteiger partial charge is 0.157 e. The van der Waals surface area contributed by atoms with E-state index in [9.17, 15) is 0 Å². The number of benzene rings is 1. The maximum Gasteiger partial charge on any atom is 0.157 e. The van der Waals surface area contributed by atoms with Crippen molar-refractivity contribution in [3.8, 4) is 5.75 Å². The molecule has 6 nitrogen and oxygen atoms in total. The quantitative estimate of drug-likeness (QED) is 0.532. The molecule has 7 heteroatoms. The number of hydrogen-bond acceptors (Lipinski definition) is 6. The molecule has 1 aromatic carbocycles. The van der Waals surface area contributed by atoms with Crippen LogP contribution in [0.1, 0.15) is 50.7 Å². The molecular weight excluding hydrogens is 369 g/mol. The fourth-order valence-electron chi connectivity index (χ4n) is 4.53. The van der Waals surface area contributed by atoms with Crippen LogP contribution in [0.25, 0.3) is 5.57 Å². The van der Waals surface area contributed by atoms with E-state index in [4.69, 9.17) is 4.74 Å². The minimum absolute atomic E-state index is 0.185. The predicted molar refractivity (Wildman–Crippen MR) is 116 cm³/mol. The summed E-state index contributed by atoms with van der Waals surface area (Å²) in [6, 6.07) is 2.69. The van der Waals surface area contributed by atoms with Crippen LogP contribution in [-0.4, -0.2) is 44.7 Å². The Bertz CT molecular complexity index is 768. The first-order valence-corrected chi connectivity index (χ1v) is 10.9. The first-order valence-electron chi connectivity index (χ1n) is 10.9. The van der Waals surface area contributed by atoms with E-state index in [-0.39, 0.29) is 18.3 Å². The van der Waals surface area contributed by atoms with E-state index in [1.807, 2.05) is 13.1 Å². The minimum Gasteiger partial charge on any atom is -0.493 e. The van der Waals surface area contributed by atoms with Crippen LogP contribution in [0.2, 0.25) is 0 Å². The highest BCUT2D eigenvalue weighted by Gasteiger charge is 2.28. The molecule has 5 N–H and O–H groups in total. The van der Waals surface area contributed by atoms with Gasteiger partial charge in [0.05, 0.1) is 24.0 Å². The number of aryl methyl sites for hydroxylation is 1. The first kappa shape index (κ1) is 20.6. The largest absolute Gasteiger partial charge is 0.493 e. The third kappa shape index (κ3) is 4.58. The second-order valence-electron chi connectivity index (χ2n) is 8.52. The van der Waals surface area contributed by atoms with Crippen molar-refractivity contribution in [3.05, 3.63) is 29.1 Å². The molecule has 1 fully saturated rings. The molecule has 0 amide bonds. The summed E-state index contributed by atoms with van der Waals surface area (Å²) in [4.78, 5) is 0. The van der Waals surface area contributed by atoms with E-state index in [1.165, 1.54) is 0 Å². The number of allylic oxidation sites excluding steroid dienone is 1. The van der Waals surface area contributed by atoms with Gasteiger partial charge < -0.3 is 20.7 Å². The first-order chi connectivity index (χ1) is 14.0. The zero-order valence-corrected chi connectivity index (χ0v) is 17.7. The number of hydrogen-bond donors (Lipinski definition) is 5. The second-order valence-corrected chi connectivity index (χ2v) is 8.52. The molecule has 0 saturated carbocycles. The van der Waals surface area contributed by atoms with Gasteiger partial charge in [0.1, 0.15) is 12.0 Å². The Labute approximate surface area is 173 Å². The van der Waals surface area contributed by atoms with Crippen molar-refractivity contribution in [1.82, 2.24) is 21.3 Å². The van der Waals surface area contributed by atoms with Crippen molar-refractivity contribution in [2.75, 3.05) is 25.5 Å². The Hall–Kier alpha value is -1.67. The molecule has 0 bridgehead atoms. The zero-order valence-electron chi connectivity index (χ0n) is 17.7. The SMILES string of the molecule is CNC1CC(C)NC(Nc2cc3c(c(C4=CCN[C@H](C)CC4)c2F)OCCC3)N1. The fourth-order valence-corrected chi connectivity index (χ4v) is 4.53. The summed E-state index contributed by atoms with van der Waals surface area (Å²) in [7, 11) is 1.94. The van der Waals surface area contributed by atoms with E-state index >= 15 is 4.39 Å². The molecule has 0 aromatic heterocycles. The minimum atomic E-state index is -0.214. The Morgan fingerprint density at radius 3 is 2.86 bits per heavy atom. The van der Waals surface area contributed by atoms with Gasteiger partial charge in [-0.05, 0) is 70.2 Å². The second kappa shape index (κ2) is 9.00. The third-order valence-corrected chi connectivity index (χ3v) is 6.17. The van der Waals surface area contributed by atoms with E-state index in [2.05, 4.69) is 46.5 Å². The molecule has 0 spiro atoms. The molecular formula is C22H34FN5O. The summed E-state index contributed by atoms with van der Waals surface area (Å²) < 4.78 is 21.8. The highest BCUT2D eigenvalue weighted by molar-refractivity contribution is 5.77. The van der Waals surface area contributed by atoms with Gasteiger partial charge in [-0.3, -0.25) is 10.6 Å². The van der Waals surface area contributed by atoms with Crippen molar-refractivity contribution < 1.29 is 9.13 Å². The lowest BCUT2D eigenvalue weighted by Crippen LogP contribution is -2.63.